The summed E-state index contributed by atoms with van der Waals surface area (Å²) in [6.07, 6.45) is -4.60. The third-order valence-electron chi connectivity index (χ3n) is 3.16. The molecule has 0 saturated carbocycles. The maximum atomic E-state index is 12.1. The van der Waals surface area contributed by atoms with Crippen LogP contribution in [0.1, 0.15) is 11.3 Å². The summed E-state index contributed by atoms with van der Waals surface area (Å²) in [5.74, 6) is -0.391. The van der Waals surface area contributed by atoms with Gasteiger partial charge in [-0.15, -0.1) is 0 Å². The highest BCUT2D eigenvalue weighted by atomic mass is 19.3. The molecule has 1 aromatic carbocycles. The lowest BCUT2D eigenvalue weighted by atomic mass is 10.1. The van der Waals surface area contributed by atoms with E-state index in [4.69, 9.17) is 5.11 Å². The molecule has 20 heavy (non-hydrogen) atoms. The van der Waals surface area contributed by atoms with E-state index in [1.54, 1.807) is 0 Å². The highest BCUT2D eigenvalue weighted by molar-refractivity contribution is 5.90. The summed E-state index contributed by atoms with van der Waals surface area (Å²) in [5.41, 5.74) is 2.64. The summed E-state index contributed by atoms with van der Waals surface area (Å²) in [4.78, 5) is 14.9. The monoisotopic (exact) mass is 282 g/mol. The Morgan fingerprint density at radius 1 is 1.40 bits per heavy atom. The number of aromatic amines is 1. The SMILES string of the molecule is Cc1[nH]c2ccccc2c1CC(=O)NCC(O)C(F)F. The molecule has 2 aromatic rings. The Morgan fingerprint density at radius 2 is 2.10 bits per heavy atom. The smallest absolute Gasteiger partial charge is 0.265 e. The van der Waals surface area contributed by atoms with E-state index in [1.807, 2.05) is 31.2 Å². The first-order chi connectivity index (χ1) is 9.49. The Hall–Kier alpha value is -1.95. The van der Waals surface area contributed by atoms with E-state index in [2.05, 4.69) is 10.3 Å². The summed E-state index contributed by atoms with van der Waals surface area (Å²) < 4.78 is 24.2. The Morgan fingerprint density at radius 3 is 2.80 bits per heavy atom. The van der Waals surface area contributed by atoms with Gasteiger partial charge < -0.3 is 15.4 Å². The topological polar surface area (TPSA) is 65.1 Å². The van der Waals surface area contributed by atoms with E-state index >= 15 is 0 Å². The number of nitrogens with one attached hydrogen (secondary N) is 2. The van der Waals surface area contributed by atoms with Crippen LogP contribution in [0.25, 0.3) is 10.9 Å². The molecule has 0 aliphatic heterocycles. The van der Waals surface area contributed by atoms with Gasteiger partial charge in [0.1, 0.15) is 6.10 Å². The van der Waals surface area contributed by atoms with Gasteiger partial charge in [0.2, 0.25) is 5.91 Å². The molecule has 0 radical (unpaired) electrons. The fourth-order valence-electron chi connectivity index (χ4n) is 2.09. The minimum atomic E-state index is -2.86. The van der Waals surface area contributed by atoms with Crippen molar-refractivity contribution >= 4 is 16.8 Å². The van der Waals surface area contributed by atoms with Crippen molar-refractivity contribution in [1.29, 1.82) is 0 Å². The summed E-state index contributed by atoms with van der Waals surface area (Å²) >= 11 is 0. The number of halogens is 2. The molecule has 0 fully saturated rings. The van der Waals surface area contributed by atoms with Crippen molar-refractivity contribution in [2.45, 2.75) is 25.9 Å². The number of aromatic nitrogens is 1. The van der Waals surface area contributed by atoms with Crippen LogP contribution >= 0.6 is 0 Å². The van der Waals surface area contributed by atoms with Crippen molar-refractivity contribution in [3.8, 4) is 0 Å². The highest BCUT2D eigenvalue weighted by Gasteiger charge is 2.18. The average Bonchev–Trinajstić information content (AvgIpc) is 2.72. The quantitative estimate of drug-likeness (QED) is 0.782. The summed E-state index contributed by atoms with van der Waals surface area (Å²) in [7, 11) is 0. The van der Waals surface area contributed by atoms with E-state index < -0.39 is 25.0 Å². The van der Waals surface area contributed by atoms with Crippen LogP contribution in [0.15, 0.2) is 24.3 Å². The van der Waals surface area contributed by atoms with Crippen molar-refractivity contribution in [2.24, 2.45) is 0 Å². The molecule has 0 aliphatic rings. The summed E-state index contributed by atoms with van der Waals surface area (Å²) in [6, 6.07) is 7.57. The molecule has 1 atom stereocenters. The van der Waals surface area contributed by atoms with Gasteiger partial charge in [0.15, 0.2) is 0 Å². The second kappa shape index (κ2) is 6.00. The molecular formula is C14H16F2N2O2. The van der Waals surface area contributed by atoms with Crippen molar-refractivity contribution in [3.05, 3.63) is 35.5 Å². The van der Waals surface area contributed by atoms with Crippen molar-refractivity contribution in [3.63, 3.8) is 0 Å². The first kappa shape index (κ1) is 14.5. The number of H-pyrrole nitrogens is 1. The second-order valence-corrected chi connectivity index (χ2v) is 4.66. The van der Waals surface area contributed by atoms with Crippen LogP contribution in [-0.4, -0.2) is 35.1 Å². The van der Waals surface area contributed by atoms with Crippen LogP contribution in [0.3, 0.4) is 0 Å². The number of para-hydroxylation sites is 1. The molecule has 3 N–H and O–H groups in total. The highest BCUT2D eigenvalue weighted by Crippen LogP contribution is 2.22. The molecule has 1 amide bonds. The van der Waals surface area contributed by atoms with Gasteiger partial charge in [0, 0.05) is 23.1 Å². The summed E-state index contributed by atoms with van der Waals surface area (Å²) in [5, 5.41) is 12.2. The number of fused-ring (bicyclic) bond motifs is 1. The van der Waals surface area contributed by atoms with Gasteiger partial charge in [0.05, 0.1) is 6.42 Å². The predicted molar refractivity (Wildman–Crippen MR) is 71.8 cm³/mol. The van der Waals surface area contributed by atoms with Gasteiger partial charge in [-0.1, -0.05) is 18.2 Å². The summed E-state index contributed by atoms with van der Waals surface area (Å²) in [6.45, 7) is 1.41. The minimum Gasteiger partial charge on any atom is -0.385 e. The van der Waals surface area contributed by atoms with E-state index in [9.17, 15) is 13.6 Å². The van der Waals surface area contributed by atoms with Gasteiger partial charge >= 0.3 is 0 Å². The van der Waals surface area contributed by atoms with E-state index in [1.165, 1.54) is 0 Å². The molecule has 1 unspecified atom stereocenters. The number of aliphatic hydroxyl groups is 1. The molecule has 2 rings (SSSR count). The molecule has 6 heteroatoms. The fraction of sp³-hybridized carbons (Fsp3) is 0.357. The van der Waals surface area contributed by atoms with Gasteiger partial charge in [-0.2, -0.15) is 0 Å². The predicted octanol–water partition coefficient (Wildman–Crippen LogP) is 1.76. The maximum absolute atomic E-state index is 12.1. The van der Waals surface area contributed by atoms with Crippen LogP contribution in [-0.2, 0) is 11.2 Å². The number of alkyl halides is 2. The number of aliphatic hydroxyl groups excluding tert-OH is 1. The fourth-order valence-corrected chi connectivity index (χ4v) is 2.09. The van der Waals surface area contributed by atoms with Gasteiger partial charge in [-0.05, 0) is 18.6 Å². The van der Waals surface area contributed by atoms with Crippen LogP contribution in [0.5, 0.6) is 0 Å². The molecule has 4 nitrogen and oxygen atoms in total. The van der Waals surface area contributed by atoms with Crippen molar-refractivity contribution in [1.82, 2.24) is 10.3 Å². The van der Waals surface area contributed by atoms with Crippen LogP contribution in [0, 0.1) is 6.92 Å². The molecular weight excluding hydrogens is 266 g/mol. The Balaban J connectivity index is 2.05. The standard InChI is InChI=1S/C14H16F2N2O2/c1-8-10(9-4-2-3-5-11(9)18-8)6-13(20)17-7-12(19)14(15)16/h2-5,12,14,18-19H,6-7H2,1H3,(H,17,20). The number of rotatable bonds is 5. The number of carbonyl (C=O) groups excluding carboxylic acids is 1. The lowest BCUT2D eigenvalue weighted by Crippen LogP contribution is -2.36. The first-order valence-corrected chi connectivity index (χ1v) is 6.28. The second-order valence-electron chi connectivity index (χ2n) is 4.66. The molecule has 0 aliphatic carbocycles. The average molecular weight is 282 g/mol. The molecule has 0 saturated heterocycles. The third kappa shape index (κ3) is 3.14. The lowest BCUT2D eigenvalue weighted by Gasteiger charge is -2.10. The maximum Gasteiger partial charge on any atom is 0.265 e. The van der Waals surface area contributed by atoms with Crippen molar-refractivity contribution < 1.29 is 18.7 Å². The minimum absolute atomic E-state index is 0.0891. The van der Waals surface area contributed by atoms with Crippen LogP contribution in [0.2, 0.25) is 0 Å². The number of hydrogen-bond donors (Lipinski definition) is 3. The molecule has 1 heterocycles. The third-order valence-corrected chi connectivity index (χ3v) is 3.16. The van der Waals surface area contributed by atoms with Gasteiger partial charge in [-0.3, -0.25) is 4.79 Å². The first-order valence-electron chi connectivity index (χ1n) is 6.28. The number of hydrogen-bond acceptors (Lipinski definition) is 2. The van der Waals surface area contributed by atoms with E-state index in [-0.39, 0.29) is 6.42 Å². The number of aryl methyl sites for hydroxylation is 1. The number of amides is 1. The molecule has 108 valence electrons. The number of carbonyl (C=O) groups is 1. The van der Waals surface area contributed by atoms with Crippen LogP contribution < -0.4 is 5.32 Å². The van der Waals surface area contributed by atoms with Crippen LogP contribution in [0.4, 0.5) is 8.78 Å². The van der Waals surface area contributed by atoms with Crippen molar-refractivity contribution in [2.75, 3.05) is 6.54 Å². The zero-order chi connectivity index (χ0) is 14.7. The number of benzene rings is 1. The normalized spacial score (nSPS) is 12.8. The van der Waals surface area contributed by atoms with Gasteiger partial charge in [-0.25, -0.2) is 8.78 Å². The zero-order valence-electron chi connectivity index (χ0n) is 11.0. The zero-order valence-corrected chi connectivity index (χ0v) is 11.0. The molecule has 0 spiro atoms. The van der Waals surface area contributed by atoms with E-state index in [0.717, 1.165) is 22.2 Å². The molecule has 0 bridgehead atoms. The largest absolute Gasteiger partial charge is 0.385 e. The lowest BCUT2D eigenvalue weighted by molar-refractivity contribution is -0.121. The molecule has 1 aromatic heterocycles. The van der Waals surface area contributed by atoms with E-state index in [0.29, 0.717) is 0 Å². The Bertz CT molecular complexity index is 610. The van der Waals surface area contributed by atoms with Gasteiger partial charge in [0.25, 0.3) is 6.43 Å². The Kier molecular flexibility index (Phi) is 4.34. The Labute approximate surface area is 114 Å².